The molecular formula is C11H15N3O4. The summed E-state index contributed by atoms with van der Waals surface area (Å²) < 4.78 is 5.03. The van der Waals surface area contributed by atoms with Gasteiger partial charge in [0.2, 0.25) is 0 Å². The van der Waals surface area contributed by atoms with Crippen LogP contribution >= 0.6 is 0 Å². The first-order chi connectivity index (χ1) is 8.19. The smallest absolute Gasteiger partial charge is 0.412 e. The number of ether oxygens (including phenoxy) is 1. The quantitative estimate of drug-likeness (QED) is 0.478. The lowest BCUT2D eigenvalue weighted by Crippen LogP contribution is -2.27. The van der Waals surface area contributed by atoms with E-state index in [-0.39, 0.29) is 11.4 Å². The molecular weight excluding hydrogens is 238 g/mol. The number of benzene rings is 1. The number of rotatable bonds is 2. The number of carbonyl (C=O) groups excluding carboxylic acids is 1. The molecule has 0 fully saturated rings. The predicted molar refractivity (Wildman–Crippen MR) is 67.4 cm³/mol. The Morgan fingerprint density at radius 3 is 2.50 bits per heavy atom. The largest absolute Gasteiger partial charge is 0.444 e. The number of carbonyl (C=O) groups is 1. The molecule has 0 heterocycles. The summed E-state index contributed by atoms with van der Waals surface area (Å²) in [7, 11) is 0. The molecule has 0 unspecified atom stereocenters. The molecule has 1 aromatic rings. The number of nitrogens with zero attached hydrogens (tertiary/aromatic N) is 1. The lowest BCUT2D eigenvalue weighted by atomic mass is 10.2. The maximum absolute atomic E-state index is 11.5. The summed E-state index contributed by atoms with van der Waals surface area (Å²) in [5, 5.41) is 13.0. The highest BCUT2D eigenvalue weighted by Crippen LogP contribution is 2.24. The fourth-order valence-corrected chi connectivity index (χ4v) is 1.22. The zero-order chi connectivity index (χ0) is 13.9. The molecule has 0 atom stereocenters. The van der Waals surface area contributed by atoms with Crippen molar-refractivity contribution in [1.29, 1.82) is 0 Å². The molecule has 0 aliphatic heterocycles. The highest BCUT2D eigenvalue weighted by Gasteiger charge is 2.17. The second-order valence-electron chi connectivity index (χ2n) is 4.66. The van der Waals surface area contributed by atoms with Crippen molar-refractivity contribution in [2.75, 3.05) is 11.1 Å². The Kier molecular flexibility index (Phi) is 3.75. The second-order valence-corrected chi connectivity index (χ2v) is 4.66. The van der Waals surface area contributed by atoms with Crippen LogP contribution in [-0.2, 0) is 4.74 Å². The Bertz CT molecular complexity index is 480. The number of nitrogens with one attached hydrogen (secondary N) is 1. The third-order valence-corrected chi connectivity index (χ3v) is 1.87. The van der Waals surface area contributed by atoms with E-state index in [9.17, 15) is 14.9 Å². The van der Waals surface area contributed by atoms with Gasteiger partial charge in [0.25, 0.3) is 5.69 Å². The van der Waals surface area contributed by atoms with E-state index >= 15 is 0 Å². The molecule has 7 nitrogen and oxygen atoms in total. The lowest BCUT2D eigenvalue weighted by Gasteiger charge is -2.19. The van der Waals surface area contributed by atoms with E-state index in [4.69, 9.17) is 10.5 Å². The fourth-order valence-electron chi connectivity index (χ4n) is 1.22. The maximum Gasteiger partial charge on any atom is 0.412 e. The molecule has 1 amide bonds. The Hall–Kier alpha value is -2.31. The SMILES string of the molecule is CC(C)(C)OC(=O)Nc1ccc([N+](=O)[O-])c(N)c1. The summed E-state index contributed by atoms with van der Waals surface area (Å²) in [4.78, 5) is 21.4. The van der Waals surface area contributed by atoms with Gasteiger partial charge in [-0.25, -0.2) is 4.79 Å². The van der Waals surface area contributed by atoms with E-state index in [0.29, 0.717) is 5.69 Å². The molecule has 18 heavy (non-hydrogen) atoms. The van der Waals surface area contributed by atoms with Crippen LogP contribution < -0.4 is 11.1 Å². The molecule has 1 aromatic carbocycles. The lowest BCUT2D eigenvalue weighted by molar-refractivity contribution is -0.383. The number of anilines is 2. The van der Waals surface area contributed by atoms with Gasteiger partial charge >= 0.3 is 6.09 Å². The minimum Gasteiger partial charge on any atom is -0.444 e. The van der Waals surface area contributed by atoms with Crippen LogP contribution in [0.15, 0.2) is 18.2 Å². The molecule has 0 saturated carbocycles. The molecule has 7 heteroatoms. The van der Waals surface area contributed by atoms with Crippen LogP contribution in [0.3, 0.4) is 0 Å². The minimum absolute atomic E-state index is 0.0199. The Balaban J connectivity index is 2.78. The summed E-state index contributed by atoms with van der Waals surface area (Å²) >= 11 is 0. The average molecular weight is 253 g/mol. The van der Waals surface area contributed by atoms with E-state index in [0.717, 1.165) is 0 Å². The summed E-state index contributed by atoms with van der Waals surface area (Å²) in [5.74, 6) is 0. The molecule has 98 valence electrons. The van der Waals surface area contributed by atoms with Crippen LogP contribution in [-0.4, -0.2) is 16.6 Å². The number of nitrogen functional groups attached to an aromatic ring is 1. The highest BCUT2D eigenvalue weighted by atomic mass is 16.6. The van der Waals surface area contributed by atoms with Crippen LogP contribution in [0.2, 0.25) is 0 Å². The van der Waals surface area contributed by atoms with Gasteiger partial charge < -0.3 is 10.5 Å². The fraction of sp³-hybridized carbons (Fsp3) is 0.364. The van der Waals surface area contributed by atoms with Crippen molar-refractivity contribution in [1.82, 2.24) is 0 Å². The first kappa shape index (κ1) is 13.8. The summed E-state index contributed by atoms with van der Waals surface area (Å²) in [6.07, 6.45) is -0.643. The molecule has 0 aromatic heterocycles. The Labute approximate surface area is 104 Å². The van der Waals surface area contributed by atoms with Gasteiger partial charge in [-0.2, -0.15) is 0 Å². The van der Waals surface area contributed by atoms with Crippen molar-refractivity contribution in [3.63, 3.8) is 0 Å². The standard InChI is InChI=1S/C11H15N3O4/c1-11(2,3)18-10(15)13-7-4-5-9(14(16)17)8(12)6-7/h4-6H,12H2,1-3H3,(H,13,15). The molecule has 0 radical (unpaired) electrons. The average Bonchev–Trinajstić information content (AvgIpc) is 2.13. The summed E-state index contributed by atoms with van der Waals surface area (Å²) in [6.45, 7) is 5.20. The number of hydrogen-bond donors (Lipinski definition) is 2. The van der Waals surface area contributed by atoms with E-state index in [2.05, 4.69) is 5.32 Å². The van der Waals surface area contributed by atoms with Crippen molar-refractivity contribution < 1.29 is 14.5 Å². The van der Waals surface area contributed by atoms with Crippen molar-refractivity contribution in [2.24, 2.45) is 0 Å². The number of nitrogens with two attached hydrogens (primary N) is 1. The molecule has 0 aliphatic rings. The molecule has 3 N–H and O–H groups in total. The van der Waals surface area contributed by atoms with Gasteiger partial charge in [-0.15, -0.1) is 0 Å². The van der Waals surface area contributed by atoms with Gasteiger partial charge in [0, 0.05) is 11.8 Å². The van der Waals surface area contributed by atoms with Gasteiger partial charge in [-0.1, -0.05) is 0 Å². The topological polar surface area (TPSA) is 107 Å². The van der Waals surface area contributed by atoms with E-state index in [1.54, 1.807) is 20.8 Å². The van der Waals surface area contributed by atoms with E-state index < -0.39 is 16.6 Å². The zero-order valence-corrected chi connectivity index (χ0v) is 10.4. The number of amides is 1. The van der Waals surface area contributed by atoms with Gasteiger partial charge in [0.15, 0.2) is 0 Å². The first-order valence-corrected chi connectivity index (χ1v) is 5.23. The minimum atomic E-state index is -0.643. The highest BCUT2D eigenvalue weighted by molar-refractivity contribution is 5.86. The van der Waals surface area contributed by atoms with Crippen molar-refractivity contribution >= 4 is 23.2 Å². The van der Waals surface area contributed by atoms with Gasteiger partial charge in [0.05, 0.1) is 4.92 Å². The number of nitro groups is 1. The third kappa shape index (κ3) is 3.93. The first-order valence-electron chi connectivity index (χ1n) is 5.23. The molecule has 0 aliphatic carbocycles. The second kappa shape index (κ2) is 4.91. The molecule has 1 rings (SSSR count). The maximum atomic E-state index is 11.5. The Morgan fingerprint density at radius 2 is 2.06 bits per heavy atom. The van der Waals surface area contributed by atoms with Crippen molar-refractivity contribution in [3.8, 4) is 0 Å². The Morgan fingerprint density at radius 1 is 1.44 bits per heavy atom. The number of hydrogen-bond acceptors (Lipinski definition) is 5. The van der Waals surface area contributed by atoms with Crippen LogP contribution in [0.1, 0.15) is 20.8 Å². The normalized spacial score (nSPS) is 10.8. The van der Waals surface area contributed by atoms with Gasteiger partial charge in [-0.3, -0.25) is 15.4 Å². The van der Waals surface area contributed by atoms with Crippen LogP contribution in [0.25, 0.3) is 0 Å². The summed E-state index contributed by atoms with van der Waals surface area (Å²) in [6, 6.07) is 3.92. The molecule has 0 saturated heterocycles. The van der Waals surface area contributed by atoms with Crippen molar-refractivity contribution in [2.45, 2.75) is 26.4 Å². The van der Waals surface area contributed by atoms with Crippen LogP contribution in [0.5, 0.6) is 0 Å². The zero-order valence-electron chi connectivity index (χ0n) is 10.4. The monoisotopic (exact) mass is 253 g/mol. The van der Waals surface area contributed by atoms with E-state index in [1.165, 1.54) is 18.2 Å². The van der Waals surface area contributed by atoms with Crippen LogP contribution in [0, 0.1) is 10.1 Å². The predicted octanol–water partition coefficient (Wildman–Crippen LogP) is 2.52. The molecule has 0 spiro atoms. The van der Waals surface area contributed by atoms with Crippen molar-refractivity contribution in [3.05, 3.63) is 28.3 Å². The third-order valence-electron chi connectivity index (χ3n) is 1.87. The van der Waals surface area contributed by atoms with Gasteiger partial charge in [-0.05, 0) is 32.9 Å². The molecule has 0 bridgehead atoms. The number of nitro benzene ring substituents is 1. The van der Waals surface area contributed by atoms with Gasteiger partial charge in [0.1, 0.15) is 11.3 Å². The van der Waals surface area contributed by atoms with Crippen LogP contribution in [0.4, 0.5) is 21.9 Å². The summed E-state index contributed by atoms with van der Waals surface area (Å²) in [5.41, 5.74) is 4.99. The van der Waals surface area contributed by atoms with E-state index in [1.807, 2.05) is 0 Å².